The summed E-state index contributed by atoms with van der Waals surface area (Å²) in [5.41, 5.74) is 0. The molecule has 6 nitrogen and oxygen atoms in total. The van der Waals surface area contributed by atoms with Gasteiger partial charge in [-0.1, -0.05) is 34.7 Å². The molecule has 0 radical (unpaired) electrons. The van der Waals surface area contributed by atoms with Gasteiger partial charge in [0.05, 0.1) is 10.3 Å². The molecule has 1 atom stereocenters. The number of carbonyl (C=O) groups is 1. The summed E-state index contributed by atoms with van der Waals surface area (Å²) in [5.74, 6) is 0.331. The Kier molecular flexibility index (Phi) is 5.77. The van der Waals surface area contributed by atoms with Crippen molar-refractivity contribution in [3.63, 3.8) is 0 Å². The van der Waals surface area contributed by atoms with Crippen LogP contribution in [0.15, 0.2) is 22.7 Å². The Labute approximate surface area is 135 Å². The summed E-state index contributed by atoms with van der Waals surface area (Å²) < 4.78 is 0.748. The van der Waals surface area contributed by atoms with Crippen molar-refractivity contribution >= 4 is 51.6 Å². The van der Waals surface area contributed by atoms with Crippen molar-refractivity contribution < 1.29 is 4.79 Å². The van der Waals surface area contributed by atoms with Crippen LogP contribution in [0, 0.1) is 0 Å². The van der Waals surface area contributed by atoms with Crippen molar-refractivity contribution in [1.82, 2.24) is 15.2 Å². The lowest BCUT2D eigenvalue weighted by Crippen LogP contribution is -2.22. The largest absolute Gasteiger partial charge is 0.360 e. The molecule has 112 valence electrons. The van der Waals surface area contributed by atoms with E-state index in [-0.39, 0.29) is 11.2 Å². The Morgan fingerprint density at radius 3 is 2.95 bits per heavy atom. The van der Waals surface area contributed by atoms with Crippen LogP contribution in [0.2, 0.25) is 5.02 Å². The number of halogens is 1. The van der Waals surface area contributed by atoms with Gasteiger partial charge in [-0.15, -0.1) is 10.2 Å². The fourth-order valence-electron chi connectivity index (χ4n) is 1.36. The zero-order chi connectivity index (χ0) is 15.2. The van der Waals surface area contributed by atoms with Crippen molar-refractivity contribution in [3.8, 4) is 0 Å². The van der Waals surface area contributed by atoms with Gasteiger partial charge in [0.25, 0.3) is 0 Å². The molecule has 0 saturated heterocycles. The van der Waals surface area contributed by atoms with Crippen LogP contribution in [0.4, 0.5) is 10.9 Å². The minimum Gasteiger partial charge on any atom is -0.360 e. The first kappa shape index (κ1) is 16.0. The maximum absolute atomic E-state index is 12.1. The molecule has 2 heterocycles. The van der Waals surface area contributed by atoms with E-state index in [1.807, 2.05) is 13.8 Å². The third kappa shape index (κ3) is 4.83. The number of rotatable bonds is 6. The van der Waals surface area contributed by atoms with Gasteiger partial charge in [-0.3, -0.25) is 4.79 Å². The van der Waals surface area contributed by atoms with Crippen LogP contribution in [0.5, 0.6) is 0 Å². The van der Waals surface area contributed by atoms with E-state index in [1.165, 1.54) is 29.3 Å². The maximum Gasteiger partial charge on any atom is 0.238 e. The first-order valence-electron chi connectivity index (χ1n) is 6.25. The topological polar surface area (TPSA) is 79.8 Å². The quantitative estimate of drug-likeness (QED) is 0.784. The molecule has 1 unspecified atom stereocenters. The van der Waals surface area contributed by atoms with E-state index in [0.29, 0.717) is 10.8 Å². The van der Waals surface area contributed by atoms with Gasteiger partial charge in [0.2, 0.25) is 11.0 Å². The first-order valence-corrected chi connectivity index (χ1v) is 8.32. The van der Waals surface area contributed by atoms with E-state index < -0.39 is 0 Å². The molecule has 2 rings (SSSR count). The van der Waals surface area contributed by atoms with Gasteiger partial charge in [0.1, 0.15) is 5.82 Å². The molecule has 1 amide bonds. The molecule has 9 heteroatoms. The van der Waals surface area contributed by atoms with E-state index in [4.69, 9.17) is 11.6 Å². The summed E-state index contributed by atoms with van der Waals surface area (Å²) >= 11 is 8.53. The van der Waals surface area contributed by atoms with Gasteiger partial charge in [0.15, 0.2) is 4.34 Å². The second kappa shape index (κ2) is 7.58. The minimum atomic E-state index is -0.301. The van der Waals surface area contributed by atoms with Gasteiger partial charge in [-0.2, -0.15) is 0 Å². The van der Waals surface area contributed by atoms with Gasteiger partial charge in [0, 0.05) is 12.7 Å². The molecule has 0 saturated carbocycles. The Hall–Kier alpha value is -1.38. The van der Waals surface area contributed by atoms with Crippen LogP contribution >= 0.6 is 34.7 Å². The van der Waals surface area contributed by atoms with E-state index >= 15 is 0 Å². The molecular formula is C12H14ClN5OS2. The third-order valence-electron chi connectivity index (χ3n) is 2.36. The van der Waals surface area contributed by atoms with Gasteiger partial charge in [-0.05, 0) is 26.0 Å². The van der Waals surface area contributed by atoms with E-state index in [0.717, 1.165) is 16.0 Å². The van der Waals surface area contributed by atoms with Crippen LogP contribution < -0.4 is 10.6 Å². The highest BCUT2D eigenvalue weighted by molar-refractivity contribution is 8.02. The monoisotopic (exact) mass is 343 g/mol. The summed E-state index contributed by atoms with van der Waals surface area (Å²) in [4.78, 5) is 16.1. The lowest BCUT2D eigenvalue weighted by Gasteiger charge is -2.09. The average Bonchev–Trinajstić information content (AvgIpc) is 2.89. The molecule has 21 heavy (non-hydrogen) atoms. The van der Waals surface area contributed by atoms with Gasteiger partial charge in [-0.25, -0.2) is 4.98 Å². The first-order chi connectivity index (χ1) is 10.1. The molecule has 2 N–H and O–H groups in total. The number of amides is 1. The highest BCUT2D eigenvalue weighted by Crippen LogP contribution is 2.29. The zero-order valence-electron chi connectivity index (χ0n) is 11.5. The fourth-order valence-corrected chi connectivity index (χ4v) is 3.44. The summed E-state index contributed by atoms with van der Waals surface area (Å²) in [6, 6.07) is 3.33. The number of nitrogens with zero attached hydrogens (tertiary/aromatic N) is 3. The van der Waals surface area contributed by atoms with Crippen LogP contribution in [0.1, 0.15) is 13.8 Å². The smallest absolute Gasteiger partial charge is 0.238 e. The van der Waals surface area contributed by atoms with Gasteiger partial charge >= 0.3 is 0 Å². The van der Waals surface area contributed by atoms with Crippen LogP contribution in [0.3, 0.4) is 0 Å². The van der Waals surface area contributed by atoms with E-state index in [2.05, 4.69) is 25.8 Å². The molecule has 0 aromatic carbocycles. The number of anilines is 2. The summed E-state index contributed by atoms with van der Waals surface area (Å²) in [7, 11) is 0. The second-order valence-electron chi connectivity index (χ2n) is 4.01. The normalized spacial score (nSPS) is 12.0. The van der Waals surface area contributed by atoms with Crippen molar-refractivity contribution in [2.24, 2.45) is 0 Å². The fraction of sp³-hybridized carbons (Fsp3) is 0.333. The highest BCUT2D eigenvalue weighted by Gasteiger charge is 2.17. The molecule has 0 fully saturated rings. The number of hydrogen-bond donors (Lipinski definition) is 2. The zero-order valence-corrected chi connectivity index (χ0v) is 13.8. The second-order valence-corrected chi connectivity index (χ2v) is 7.02. The summed E-state index contributed by atoms with van der Waals surface area (Å²) in [6.07, 6.45) is 1.49. The molecule has 2 aromatic heterocycles. The number of hydrogen-bond acceptors (Lipinski definition) is 7. The molecular weight excluding hydrogens is 330 g/mol. The van der Waals surface area contributed by atoms with Crippen LogP contribution in [0.25, 0.3) is 0 Å². The Morgan fingerprint density at radius 2 is 2.29 bits per heavy atom. The average molecular weight is 344 g/mol. The van der Waals surface area contributed by atoms with Crippen molar-refractivity contribution in [1.29, 1.82) is 0 Å². The predicted octanol–water partition coefficient (Wildman–Crippen LogP) is 3.14. The highest BCUT2D eigenvalue weighted by atomic mass is 35.5. The summed E-state index contributed by atoms with van der Waals surface area (Å²) in [6.45, 7) is 4.59. The SMILES string of the molecule is CCNc1nnc(SC(C)C(=O)Nc2ccc(Cl)cn2)s1. The van der Waals surface area contributed by atoms with Crippen molar-refractivity contribution in [2.45, 2.75) is 23.4 Å². The Balaban J connectivity index is 1.90. The number of pyridine rings is 1. The molecule has 2 aromatic rings. The molecule has 0 aliphatic carbocycles. The molecule has 0 aliphatic rings. The third-order valence-corrected chi connectivity index (χ3v) is 4.65. The minimum absolute atomic E-state index is 0.143. The van der Waals surface area contributed by atoms with Crippen LogP contribution in [-0.2, 0) is 4.79 Å². The lowest BCUT2D eigenvalue weighted by atomic mass is 10.4. The molecule has 0 spiro atoms. The predicted molar refractivity (Wildman–Crippen MR) is 87.3 cm³/mol. The van der Waals surface area contributed by atoms with Crippen molar-refractivity contribution in [2.75, 3.05) is 17.2 Å². The number of aromatic nitrogens is 3. The number of nitrogens with one attached hydrogen (secondary N) is 2. The summed E-state index contributed by atoms with van der Waals surface area (Å²) in [5, 5.41) is 14.8. The van der Waals surface area contributed by atoms with E-state index in [9.17, 15) is 4.79 Å². The molecule has 0 bridgehead atoms. The number of carbonyl (C=O) groups excluding carboxylic acids is 1. The van der Waals surface area contributed by atoms with E-state index in [1.54, 1.807) is 12.1 Å². The van der Waals surface area contributed by atoms with Gasteiger partial charge < -0.3 is 10.6 Å². The maximum atomic E-state index is 12.1. The number of thioether (sulfide) groups is 1. The standard InChI is InChI=1S/C12H14ClN5OS2/c1-3-14-11-17-18-12(21-11)20-7(2)10(19)16-9-5-4-8(13)6-15-9/h4-7H,3H2,1-2H3,(H,14,17)(H,15,16,19). The molecule has 0 aliphatic heterocycles. The van der Waals surface area contributed by atoms with Crippen molar-refractivity contribution in [3.05, 3.63) is 23.4 Å². The van der Waals surface area contributed by atoms with Crippen LogP contribution in [-0.4, -0.2) is 32.9 Å². The Bertz CT molecular complexity index is 604. The Morgan fingerprint density at radius 1 is 1.48 bits per heavy atom. The lowest BCUT2D eigenvalue weighted by molar-refractivity contribution is -0.115.